The first-order chi connectivity index (χ1) is 27.1. The number of aromatic nitrogens is 1. The molecule has 0 saturated carbocycles. The number of imide groups is 1. The lowest BCUT2D eigenvalue weighted by Gasteiger charge is -2.49. The lowest BCUT2D eigenvalue weighted by atomic mass is 9.75. The Morgan fingerprint density at radius 3 is 2.39 bits per heavy atom. The molecule has 57 heavy (non-hydrogen) atoms. The minimum Gasteiger partial charge on any atom is -0.507 e. The number of rotatable bonds is 12. The van der Waals surface area contributed by atoms with Crippen LogP contribution in [-0.4, -0.2) is 122 Å². The number of aryl methyl sites for hydroxylation is 1. The molecule has 3 aromatic rings. The van der Waals surface area contributed by atoms with Gasteiger partial charge in [-0.1, -0.05) is 6.92 Å². The maximum absolute atomic E-state index is 14.5. The average Bonchev–Trinajstić information content (AvgIpc) is 3.51. The Kier molecular flexibility index (Phi) is 11.4. The number of fused-ring (bicyclic) bond motifs is 2. The van der Waals surface area contributed by atoms with Crippen LogP contribution in [0.25, 0.3) is 0 Å². The average molecular weight is 789 g/mol. The second-order valence-corrected chi connectivity index (χ2v) is 14.0. The van der Waals surface area contributed by atoms with Gasteiger partial charge in [0.05, 0.1) is 24.8 Å². The zero-order valence-electron chi connectivity index (χ0n) is 31.6. The molecule has 1 aromatic heterocycles. The number of nitrogen functional groups attached to an aromatic ring is 1. The van der Waals surface area contributed by atoms with Gasteiger partial charge in [0.15, 0.2) is 11.7 Å². The Bertz CT molecular complexity index is 2190. The number of benzene rings is 2. The van der Waals surface area contributed by atoms with E-state index < -0.39 is 78.3 Å². The van der Waals surface area contributed by atoms with Crippen molar-refractivity contribution in [1.82, 2.24) is 15.2 Å². The molecule has 2 aliphatic heterocycles. The van der Waals surface area contributed by atoms with Crippen LogP contribution in [0.1, 0.15) is 73.4 Å². The second-order valence-electron chi connectivity index (χ2n) is 14.0. The molecule has 3 heterocycles. The summed E-state index contributed by atoms with van der Waals surface area (Å²) in [4.78, 5) is 62.6. The fraction of sp³-hybridized carbons (Fsp3) is 0.385. The molecule has 3 aliphatic rings. The monoisotopic (exact) mass is 788 g/mol. The van der Waals surface area contributed by atoms with Crippen molar-refractivity contribution < 1.29 is 58.9 Å². The smallest absolute Gasteiger partial charge is 0.253 e. The molecular weight excluding hydrogens is 744 g/mol. The number of nitrogens with two attached hydrogens (primary N) is 2. The second kappa shape index (κ2) is 15.9. The van der Waals surface area contributed by atoms with E-state index in [0.29, 0.717) is 16.7 Å². The van der Waals surface area contributed by atoms with Crippen molar-refractivity contribution in [3.8, 4) is 17.2 Å². The van der Waals surface area contributed by atoms with E-state index in [1.165, 1.54) is 44.6 Å². The van der Waals surface area contributed by atoms with Gasteiger partial charge in [-0.25, -0.2) is 4.98 Å². The van der Waals surface area contributed by atoms with E-state index in [4.69, 9.17) is 25.7 Å². The number of nitrogens with zero attached hydrogens (tertiary/aromatic N) is 3. The number of hydrogen-bond donors (Lipinski definition) is 8. The number of amides is 2. The number of ketones is 2. The molecule has 18 nitrogen and oxygen atoms in total. The molecule has 1 aliphatic carbocycles. The predicted octanol–water partition coefficient (Wildman–Crippen LogP) is -0.294. The Morgan fingerprint density at radius 1 is 1.07 bits per heavy atom. The van der Waals surface area contributed by atoms with Crippen molar-refractivity contribution in [2.45, 2.75) is 69.4 Å². The third kappa shape index (κ3) is 7.17. The normalized spacial score (nSPS) is 23.7. The molecule has 0 bridgehead atoms. The van der Waals surface area contributed by atoms with Crippen molar-refractivity contribution in [3.63, 3.8) is 0 Å². The van der Waals surface area contributed by atoms with E-state index in [2.05, 4.69) is 15.3 Å². The number of aliphatic hydroxyl groups excluding tert-OH is 3. The fourth-order valence-electron chi connectivity index (χ4n) is 7.67. The van der Waals surface area contributed by atoms with Gasteiger partial charge >= 0.3 is 0 Å². The molecule has 1 fully saturated rings. The highest BCUT2D eigenvalue weighted by atomic mass is 16.7. The van der Waals surface area contributed by atoms with E-state index >= 15 is 0 Å². The van der Waals surface area contributed by atoms with E-state index in [9.17, 15) is 44.7 Å². The third-order valence-corrected chi connectivity index (χ3v) is 10.7. The summed E-state index contributed by atoms with van der Waals surface area (Å²) in [6.07, 6.45) is -4.40. The van der Waals surface area contributed by atoms with Gasteiger partial charge < -0.3 is 56.5 Å². The number of carbonyl (C=O) groups is 4. The molecule has 10 N–H and O–H groups in total. The zero-order valence-corrected chi connectivity index (χ0v) is 31.6. The van der Waals surface area contributed by atoms with E-state index in [-0.39, 0.29) is 70.6 Å². The minimum absolute atomic E-state index is 0.0307. The quantitative estimate of drug-likeness (QED) is 0.0520. The van der Waals surface area contributed by atoms with E-state index in [1.807, 2.05) is 0 Å². The summed E-state index contributed by atoms with van der Waals surface area (Å²) in [6, 6.07) is 5.79. The Hall–Kier alpha value is -5.92. The lowest BCUT2D eigenvalue weighted by molar-refractivity contribution is -0.315. The number of phenolic OH excluding ortho intramolecular Hbond substituents is 1. The number of aliphatic imine (C=N–C) groups is 1. The number of pyridine rings is 1. The molecule has 18 heteroatoms. The van der Waals surface area contributed by atoms with Gasteiger partial charge in [-0.3, -0.25) is 29.1 Å². The third-order valence-electron chi connectivity index (χ3n) is 10.7. The molecule has 6 rings (SSSR count). The van der Waals surface area contributed by atoms with E-state index in [0.717, 1.165) is 17.1 Å². The van der Waals surface area contributed by atoms with Crippen molar-refractivity contribution in [1.29, 1.82) is 0 Å². The molecule has 0 radical (unpaired) electrons. The number of aliphatic hydroxyl groups is 4. The van der Waals surface area contributed by atoms with Crippen LogP contribution in [-0.2, 0) is 27.3 Å². The minimum atomic E-state index is -2.44. The fourth-order valence-corrected chi connectivity index (χ4v) is 7.67. The highest BCUT2D eigenvalue weighted by Gasteiger charge is 2.56. The van der Waals surface area contributed by atoms with Crippen LogP contribution in [0.3, 0.4) is 0 Å². The molecule has 0 spiro atoms. The Morgan fingerprint density at radius 2 is 1.77 bits per heavy atom. The Balaban J connectivity index is 1.37. The number of aromatic hydroxyl groups is 1. The SMILES string of the molecule is CCc1c(OC)cc(OC2OC(CO)C(O)(CC(CN3C(=O)C=CC3=O)c3ccnc(N)c3)C(O)C2O)c2c1C(=O)c1cc(C)c(CNC(N)=NC)c(O)c1C2=O. The molecular formula is C39H44N6O12. The van der Waals surface area contributed by atoms with Crippen LogP contribution in [0.5, 0.6) is 17.2 Å². The molecule has 6 atom stereocenters. The lowest BCUT2D eigenvalue weighted by Crippen LogP contribution is -2.68. The Labute approximate surface area is 326 Å². The van der Waals surface area contributed by atoms with Crippen LogP contribution in [0.4, 0.5) is 5.82 Å². The van der Waals surface area contributed by atoms with Gasteiger partial charge in [-0.15, -0.1) is 0 Å². The summed E-state index contributed by atoms with van der Waals surface area (Å²) >= 11 is 0. The standard InChI is InChI=1S/C39H44N6O12/c1-5-20-23(55-4)12-24(31-29(20)32(49)21-10-17(2)22(14-44-38(41)42-3)33(50)30(21)34(31)51)56-37-35(52)36(53)39(54,25(16-46)57-37)13-19(18-8-9-43-26(40)11-18)15-45-27(47)6-7-28(45)48/h6-12,19,25,35-37,46,50,52-54H,5,13-16H2,1-4H3,(H2,40,43)(H3,41,42,44). The summed E-state index contributed by atoms with van der Waals surface area (Å²) in [7, 11) is 2.81. The van der Waals surface area contributed by atoms with Crippen molar-refractivity contribution >= 4 is 35.2 Å². The van der Waals surface area contributed by atoms with Crippen LogP contribution < -0.4 is 26.3 Å². The van der Waals surface area contributed by atoms with Gasteiger partial charge in [-0.05, 0) is 49.1 Å². The largest absolute Gasteiger partial charge is 0.507 e. The first kappa shape index (κ1) is 40.7. The summed E-state index contributed by atoms with van der Waals surface area (Å²) in [6.45, 7) is 2.17. The van der Waals surface area contributed by atoms with Crippen molar-refractivity contribution in [2.75, 3.05) is 33.0 Å². The number of nitrogens with one attached hydrogen (secondary N) is 1. The summed E-state index contributed by atoms with van der Waals surface area (Å²) in [5, 5.41) is 60.1. The zero-order chi connectivity index (χ0) is 41.5. The number of carbonyl (C=O) groups excluding carboxylic acids is 4. The number of methoxy groups -OCH3 is 1. The van der Waals surface area contributed by atoms with Gasteiger partial charge in [0.25, 0.3) is 11.8 Å². The van der Waals surface area contributed by atoms with Crippen molar-refractivity contribution in [3.05, 3.63) is 87.1 Å². The van der Waals surface area contributed by atoms with Crippen LogP contribution in [0.2, 0.25) is 0 Å². The summed E-state index contributed by atoms with van der Waals surface area (Å²) in [5.74, 6) is -4.05. The number of hydrogen-bond acceptors (Lipinski definition) is 15. The maximum atomic E-state index is 14.5. The van der Waals surface area contributed by atoms with Gasteiger partial charge in [0.1, 0.15) is 47.0 Å². The van der Waals surface area contributed by atoms with Gasteiger partial charge in [0, 0.05) is 72.7 Å². The van der Waals surface area contributed by atoms with Gasteiger partial charge in [-0.2, -0.15) is 0 Å². The van der Waals surface area contributed by atoms with Crippen LogP contribution in [0.15, 0.2) is 47.6 Å². The molecule has 2 amide bonds. The van der Waals surface area contributed by atoms with Crippen LogP contribution in [0, 0.1) is 6.92 Å². The maximum Gasteiger partial charge on any atom is 0.253 e. The number of phenols is 1. The summed E-state index contributed by atoms with van der Waals surface area (Å²) in [5.41, 5.74) is 10.1. The number of ether oxygens (including phenoxy) is 3. The highest BCUT2D eigenvalue weighted by molar-refractivity contribution is 6.31. The molecule has 2 aromatic carbocycles. The highest BCUT2D eigenvalue weighted by Crippen LogP contribution is 2.46. The first-order valence-electron chi connectivity index (χ1n) is 18.0. The van der Waals surface area contributed by atoms with Crippen LogP contribution >= 0.6 is 0 Å². The van der Waals surface area contributed by atoms with Gasteiger partial charge in [0.2, 0.25) is 12.1 Å². The first-order valence-corrected chi connectivity index (χ1v) is 18.0. The van der Waals surface area contributed by atoms with E-state index in [1.54, 1.807) is 13.8 Å². The number of anilines is 1. The van der Waals surface area contributed by atoms with Crippen molar-refractivity contribution in [2.24, 2.45) is 10.7 Å². The topological polar surface area (TPSA) is 290 Å². The molecule has 302 valence electrons. The summed E-state index contributed by atoms with van der Waals surface area (Å²) < 4.78 is 17.6. The molecule has 6 unspecified atom stereocenters. The predicted molar refractivity (Wildman–Crippen MR) is 202 cm³/mol. The number of guanidine groups is 1. The molecule has 1 saturated heterocycles.